The molecule has 0 aliphatic rings. The van der Waals surface area contributed by atoms with Crippen LogP contribution in [0.4, 0.5) is 5.82 Å². The topological polar surface area (TPSA) is 81.8 Å². The van der Waals surface area contributed by atoms with Crippen LogP contribution < -0.4 is 5.32 Å². The molecule has 1 unspecified atom stereocenters. The third kappa shape index (κ3) is 3.67. The van der Waals surface area contributed by atoms with E-state index >= 15 is 0 Å². The van der Waals surface area contributed by atoms with Crippen molar-refractivity contribution in [2.45, 2.75) is 33.6 Å². The number of aryl methyl sites for hydroxylation is 1. The zero-order valence-corrected chi connectivity index (χ0v) is 11.2. The van der Waals surface area contributed by atoms with Gasteiger partial charge >= 0.3 is 0 Å². The Kier molecular flexibility index (Phi) is 5.53. The SMILES string of the molecule is Cc1nnc(NCCCC(C)CO)c(C#N)c1C. The lowest BCUT2D eigenvalue weighted by molar-refractivity contribution is 0.229. The highest BCUT2D eigenvalue weighted by Crippen LogP contribution is 2.17. The van der Waals surface area contributed by atoms with Gasteiger partial charge in [-0.15, -0.1) is 5.10 Å². The maximum atomic E-state index is 9.12. The van der Waals surface area contributed by atoms with Gasteiger partial charge in [0.05, 0.1) is 5.69 Å². The minimum absolute atomic E-state index is 0.215. The molecule has 98 valence electrons. The Hall–Kier alpha value is -1.67. The van der Waals surface area contributed by atoms with Crippen molar-refractivity contribution in [3.8, 4) is 6.07 Å². The van der Waals surface area contributed by atoms with Gasteiger partial charge in [-0.25, -0.2) is 0 Å². The van der Waals surface area contributed by atoms with E-state index in [2.05, 4.69) is 21.6 Å². The molecule has 18 heavy (non-hydrogen) atoms. The molecule has 1 aromatic rings. The van der Waals surface area contributed by atoms with Crippen LogP contribution >= 0.6 is 0 Å². The Morgan fingerprint density at radius 1 is 1.39 bits per heavy atom. The molecule has 0 radical (unpaired) electrons. The van der Waals surface area contributed by atoms with Gasteiger partial charge in [-0.05, 0) is 38.2 Å². The van der Waals surface area contributed by atoms with E-state index in [1.54, 1.807) is 0 Å². The van der Waals surface area contributed by atoms with Crippen molar-refractivity contribution < 1.29 is 5.11 Å². The lowest BCUT2D eigenvalue weighted by Crippen LogP contribution is -2.10. The molecule has 0 saturated carbocycles. The zero-order valence-electron chi connectivity index (χ0n) is 11.2. The third-order valence-corrected chi connectivity index (χ3v) is 3.04. The van der Waals surface area contributed by atoms with Gasteiger partial charge in [0.1, 0.15) is 11.6 Å². The van der Waals surface area contributed by atoms with Crippen molar-refractivity contribution in [3.63, 3.8) is 0 Å². The molecule has 0 saturated heterocycles. The molecule has 0 aromatic carbocycles. The maximum Gasteiger partial charge on any atom is 0.166 e. The molecule has 1 heterocycles. The first kappa shape index (κ1) is 14.4. The van der Waals surface area contributed by atoms with Gasteiger partial charge in [0.25, 0.3) is 0 Å². The monoisotopic (exact) mass is 248 g/mol. The molecule has 0 spiro atoms. The average Bonchev–Trinajstić information content (AvgIpc) is 2.38. The molecule has 1 aromatic heterocycles. The molecule has 5 heteroatoms. The van der Waals surface area contributed by atoms with Crippen molar-refractivity contribution in [2.75, 3.05) is 18.5 Å². The predicted octanol–water partition coefficient (Wildman–Crippen LogP) is 1.79. The molecule has 0 fully saturated rings. The summed E-state index contributed by atoms with van der Waals surface area (Å²) in [6.45, 7) is 6.68. The van der Waals surface area contributed by atoms with Gasteiger partial charge in [0, 0.05) is 13.2 Å². The van der Waals surface area contributed by atoms with Crippen LogP contribution in [0.1, 0.15) is 36.6 Å². The van der Waals surface area contributed by atoms with Crippen LogP contribution in [0.2, 0.25) is 0 Å². The van der Waals surface area contributed by atoms with Gasteiger partial charge < -0.3 is 10.4 Å². The smallest absolute Gasteiger partial charge is 0.166 e. The molecule has 1 rings (SSSR count). The molecule has 0 amide bonds. The highest BCUT2D eigenvalue weighted by Gasteiger charge is 2.10. The Bertz CT molecular complexity index is 439. The summed E-state index contributed by atoms with van der Waals surface area (Å²) in [6, 6.07) is 2.16. The van der Waals surface area contributed by atoms with E-state index in [1.807, 2.05) is 20.8 Å². The number of rotatable bonds is 6. The van der Waals surface area contributed by atoms with E-state index in [1.165, 1.54) is 0 Å². The van der Waals surface area contributed by atoms with E-state index in [0.717, 1.165) is 30.6 Å². The Morgan fingerprint density at radius 3 is 2.72 bits per heavy atom. The van der Waals surface area contributed by atoms with Crippen LogP contribution in [0.25, 0.3) is 0 Å². The second-order valence-electron chi connectivity index (χ2n) is 4.60. The number of aliphatic hydroxyl groups excluding tert-OH is 1. The number of nitrogens with zero attached hydrogens (tertiary/aromatic N) is 3. The molecule has 0 aliphatic carbocycles. The van der Waals surface area contributed by atoms with Crippen molar-refractivity contribution in [1.29, 1.82) is 5.26 Å². The number of hydrogen-bond acceptors (Lipinski definition) is 5. The minimum atomic E-state index is 0.215. The van der Waals surface area contributed by atoms with Gasteiger partial charge in [0.15, 0.2) is 5.82 Å². The first-order chi connectivity index (χ1) is 8.60. The van der Waals surface area contributed by atoms with Crippen LogP contribution in [-0.2, 0) is 0 Å². The molecule has 1 atom stereocenters. The molecule has 0 bridgehead atoms. The summed E-state index contributed by atoms with van der Waals surface area (Å²) in [5.41, 5.74) is 2.22. The Morgan fingerprint density at radius 2 is 2.11 bits per heavy atom. The van der Waals surface area contributed by atoms with Gasteiger partial charge in [-0.2, -0.15) is 10.4 Å². The van der Waals surface area contributed by atoms with Crippen molar-refractivity contribution >= 4 is 5.82 Å². The van der Waals surface area contributed by atoms with Gasteiger partial charge in [-0.1, -0.05) is 6.92 Å². The summed E-state index contributed by atoms with van der Waals surface area (Å²) in [7, 11) is 0. The number of anilines is 1. The van der Waals surface area contributed by atoms with Crippen LogP contribution in [0.5, 0.6) is 0 Å². The predicted molar refractivity (Wildman–Crippen MR) is 70.2 cm³/mol. The quantitative estimate of drug-likeness (QED) is 0.750. The van der Waals surface area contributed by atoms with Crippen LogP contribution in [0.15, 0.2) is 0 Å². The summed E-state index contributed by atoms with van der Waals surface area (Å²) in [4.78, 5) is 0. The van der Waals surface area contributed by atoms with E-state index in [9.17, 15) is 0 Å². The fraction of sp³-hybridized carbons (Fsp3) is 0.615. The van der Waals surface area contributed by atoms with E-state index < -0.39 is 0 Å². The first-order valence-electron chi connectivity index (χ1n) is 6.18. The number of aromatic nitrogens is 2. The van der Waals surface area contributed by atoms with Gasteiger partial charge in [-0.3, -0.25) is 0 Å². The van der Waals surface area contributed by atoms with Crippen LogP contribution in [0, 0.1) is 31.1 Å². The molecular weight excluding hydrogens is 228 g/mol. The summed E-state index contributed by atoms with van der Waals surface area (Å²) in [5, 5.41) is 29.2. The maximum absolute atomic E-state index is 9.12. The van der Waals surface area contributed by atoms with Crippen LogP contribution in [-0.4, -0.2) is 28.5 Å². The largest absolute Gasteiger partial charge is 0.396 e. The normalized spacial score (nSPS) is 11.9. The molecular formula is C13H20N4O. The highest BCUT2D eigenvalue weighted by molar-refractivity contribution is 5.55. The number of nitrogens with one attached hydrogen (secondary N) is 1. The number of aliphatic hydroxyl groups is 1. The van der Waals surface area contributed by atoms with Gasteiger partial charge in [0.2, 0.25) is 0 Å². The van der Waals surface area contributed by atoms with E-state index in [-0.39, 0.29) is 6.61 Å². The highest BCUT2D eigenvalue weighted by atomic mass is 16.3. The fourth-order valence-electron chi connectivity index (χ4n) is 1.62. The minimum Gasteiger partial charge on any atom is -0.396 e. The second-order valence-corrected chi connectivity index (χ2v) is 4.60. The Labute approximate surface area is 108 Å². The summed E-state index contributed by atoms with van der Waals surface area (Å²) in [6.07, 6.45) is 1.88. The second kappa shape index (κ2) is 6.92. The zero-order chi connectivity index (χ0) is 13.5. The summed E-state index contributed by atoms with van der Waals surface area (Å²) in [5.74, 6) is 0.866. The number of hydrogen-bond donors (Lipinski definition) is 2. The van der Waals surface area contributed by atoms with Crippen molar-refractivity contribution in [1.82, 2.24) is 10.2 Å². The fourth-order valence-corrected chi connectivity index (χ4v) is 1.62. The third-order valence-electron chi connectivity index (χ3n) is 3.04. The van der Waals surface area contributed by atoms with Crippen LogP contribution in [0.3, 0.4) is 0 Å². The lowest BCUT2D eigenvalue weighted by atomic mass is 10.1. The molecule has 0 aliphatic heterocycles. The summed E-state index contributed by atoms with van der Waals surface area (Å²) >= 11 is 0. The first-order valence-corrected chi connectivity index (χ1v) is 6.18. The van der Waals surface area contributed by atoms with E-state index in [0.29, 0.717) is 17.3 Å². The van der Waals surface area contributed by atoms with E-state index in [4.69, 9.17) is 10.4 Å². The average molecular weight is 248 g/mol. The number of nitriles is 1. The molecule has 2 N–H and O–H groups in total. The standard InChI is InChI=1S/C13H20N4O/c1-9(8-18)5-4-6-15-13-12(7-14)10(2)11(3)16-17-13/h9,18H,4-6,8H2,1-3H3,(H,15,17). The Balaban J connectivity index is 2.58. The lowest BCUT2D eigenvalue weighted by Gasteiger charge is -2.10. The van der Waals surface area contributed by atoms with Crippen molar-refractivity contribution in [2.24, 2.45) is 5.92 Å². The van der Waals surface area contributed by atoms with Crippen molar-refractivity contribution in [3.05, 3.63) is 16.8 Å². The summed E-state index contributed by atoms with van der Waals surface area (Å²) < 4.78 is 0. The molecule has 5 nitrogen and oxygen atoms in total.